The van der Waals surface area contributed by atoms with Crippen LogP contribution in [0.25, 0.3) is 0 Å². The summed E-state index contributed by atoms with van der Waals surface area (Å²) in [5, 5.41) is 9.68. The topological polar surface area (TPSA) is 40.5 Å². The average molecular weight is 314 g/mol. The predicted octanol–water partition coefficient (Wildman–Crippen LogP) is 3.41. The third kappa shape index (κ3) is 3.22. The van der Waals surface area contributed by atoms with Gasteiger partial charge in [0.1, 0.15) is 5.82 Å². The van der Waals surface area contributed by atoms with Crippen molar-refractivity contribution in [2.45, 2.75) is 33.1 Å². The van der Waals surface area contributed by atoms with Gasteiger partial charge in [-0.3, -0.25) is 4.79 Å². The summed E-state index contributed by atoms with van der Waals surface area (Å²) < 4.78 is 13.4. The zero-order valence-electron chi connectivity index (χ0n) is 12.5. The molecule has 0 saturated carbocycles. The number of aryl methyl sites for hydroxylation is 1. The van der Waals surface area contributed by atoms with Crippen LogP contribution in [0.1, 0.15) is 42.1 Å². The first-order chi connectivity index (χ1) is 9.92. The molecule has 1 aromatic rings. The Kier molecular flexibility index (Phi) is 4.89. The first kappa shape index (κ1) is 16.2. The number of nitrogens with zero attached hydrogens (tertiary/aromatic N) is 1. The molecule has 1 amide bonds. The number of amides is 1. The molecule has 0 aliphatic carbocycles. The van der Waals surface area contributed by atoms with Crippen LogP contribution in [0.2, 0.25) is 5.02 Å². The predicted molar refractivity (Wildman–Crippen MR) is 81.1 cm³/mol. The van der Waals surface area contributed by atoms with Crippen LogP contribution in [-0.2, 0) is 0 Å². The summed E-state index contributed by atoms with van der Waals surface area (Å²) >= 11 is 6.00. The molecule has 1 N–H and O–H groups in total. The number of carbonyl (C=O) groups is 1. The van der Waals surface area contributed by atoms with Crippen molar-refractivity contribution in [3.63, 3.8) is 0 Å². The van der Waals surface area contributed by atoms with E-state index in [-0.39, 0.29) is 23.0 Å². The van der Waals surface area contributed by atoms with Crippen molar-refractivity contribution in [1.29, 1.82) is 0 Å². The van der Waals surface area contributed by atoms with Gasteiger partial charge < -0.3 is 10.0 Å². The van der Waals surface area contributed by atoms with Gasteiger partial charge in [0.15, 0.2) is 0 Å². The molecule has 1 aliphatic heterocycles. The molecular formula is C16H21ClFNO2. The molecule has 1 fully saturated rings. The van der Waals surface area contributed by atoms with E-state index in [9.17, 15) is 14.3 Å². The van der Waals surface area contributed by atoms with Crippen LogP contribution in [0, 0.1) is 18.2 Å². The minimum absolute atomic E-state index is 0.0702. The highest BCUT2D eigenvalue weighted by Crippen LogP contribution is 2.35. The van der Waals surface area contributed by atoms with Crippen LogP contribution in [0.15, 0.2) is 12.1 Å². The van der Waals surface area contributed by atoms with Gasteiger partial charge in [0, 0.05) is 19.7 Å². The number of aliphatic hydroxyl groups is 1. The maximum Gasteiger partial charge on any atom is 0.255 e. The molecule has 21 heavy (non-hydrogen) atoms. The highest BCUT2D eigenvalue weighted by atomic mass is 35.5. The summed E-state index contributed by atoms with van der Waals surface area (Å²) in [5.41, 5.74) is 0.695. The third-order valence-corrected chi connectivity index (χ3v) is 4.99. The van der Waals surface area contributed by atoms with Crippen LogP contribution < -0.4 is 0 Å². The van der Waals surface area contributed by atoms with E-state index in [4.69, 9.17) is 11.6 Å². The fourth-order valence-corrected chi connectivity index (χ4v) is 3.03. The van der Waals surface area contributed by atoms with E-state index in [0.717, 1.165) is 19.3 Å². The maximum atomic E-state index is 13.4. The number of likely N-dealkylation sites (tertiary alicyclic amines) is 1. The molecule has 5 heteroatoms. The summed E-state index contributed by atoms with van der Waals surface area (Å²) in [5.74, 6) is -0.564. The van der Waals surface area contributed by atoms with Crippen LogP contribution in [0.5, 0.6) is 0 Å². The van der Waals surface area contributed by atoms with E-state index in [0.29, 0.717) is 24.2 Å². The van der Waals surface area contributed by atoms with E-state index >= 15 is 0 Å². The molecule has 1 heterocycles. The second-order valence-corrected chi connectivity index (χ2v) is 6.29. The summed E-state index contributed by atoms with van der Waals surface area (Å²) in [6.07, 6.45) is 2.47. The molecule has 2 rings (SSSR count). The van der Waals surface area contributed by atoms with Crippen LogP contribution in [0.4, 0.5) is 4.39 Å². The van der Waals surface area contributed by atoms with Gasteiger partial charge in [-0.25, -0.2) is 4.39 Å². The lowest BCUT2D eigenvalue weighted by atomic mass is 9.77. The van der Waals surface area contributed by atoms with Crippen molar-refractivity contribution in [2.75, 3.05) is 19.7 Å². The lowest BCUT2D eigenvalue weighted by molar-refractivity contribution is 0.0338. The molecule has 3 nitrogen and oxygen atoms in total. The smallest absolute Gasteiger partial charge is 0.255 e. The molecule has 0 bridgehead atoms. The monoisotopic (exact) mass is 313 g/mol. The lowest BCUT2D eigenvalue weighted by Gasteiger charge is -2.40. The quantitative estimate of drug-likeness (QED) is 0.929. The van der Waals surface area contributed by atoms with Gasteiger partial charge in [-0.15, -0.1) is 0 Å². The summed E-state index contributed by atoms with van der Waals surface area (Å²) in [6.45, 7) is 5.03. The largest absolute Gasteiger partial charge is 0.396 e. The Labute approximate surface area is 129 Å². The molecule has 0 unspecified atom stereocenters. The normalized spacial score (nSPS) is 17.9. The highest BCUT2D eigenvalue weighted by Gasteiger charge is 2.34. The Balaban J connectivity index is 2.14. The van der Waals surface area contributed by atoms with Crippen LogP contribution >= 0.6 is 11.6 Å². The molecule has 1 saturated heterocycles. The number of hydrogen-bond donors (Lipinski definition) is 1. The number of halogens is 2. The minimum Gasteiger partial charge on any atom is -0.396 e. The minimum atomic E-state index is -0.402. The number of piperidine rings is 1. The number of carbonyl (C=O) groups excluding carboxylic acids is 1. The Bertz CT molecular complexity index is 533. The van der Waals surface area contributed by atoms with Gasteiger partial charge in [-0.05, 0) is 49.3 Å². The lowest BCUT2D eigenvalue weighted by Crippen LogP contribution is -2.44. The number of rotatable bonds is 3. The maximum absolute atomic E-state index is 13.4. The van der Waals surface area contributed by atoms with Gasteiger partial charge in [0.05, 0.1) is 10.6 Å². The van der Waals surface area contributed by atoms with Gasteiger partial charge >= 0.3 is 0 Å². The van der Waals surface area contributed by atoms with E-state index in [1.165, 1.54) is 12.1 Å². The van der Waals surface area contributed by atoms with Crippen molar-refractivity contribution < 1.29 is 14.3 Å². The van der Waals surface area contributed by atoms with E-state index in [1.54, 1.807) is 11.8 Å². The molecule has 116 valence electrons. The van der Waals surface area contributed by atoms with E-state index in [1.807, 2.05) is 0 Å². The number of aliphatic hydroxyl groups excluding tert-OH is 1. The van der Waals surface area contributed by atoms with Crippen LogP contribution in [-0.4, -0.2) is 35.6 Å². The van der Waals surface area contributed by atoms with Gasteiger partial charge in [0.25, 0.3) is 5.91 Å². The van der Waals surface area contributed by atoms with Gasteiger partial charge in [-0.1, -0.05) is 18.5 Å². The third-order valence-electron chi connectivity index (χ3n) is 4.68. The number of benzene rings is 1. The Morgan fingerprint density at radius 2 is 2.05 bits per heavy atom. The molecule has 0 aromatic heterocycles. The molecular weight excluding hydrogens is 293 g/mol. The average Bonchev–Trinajstić information content (AvgIpc) is 2.50. The summed E-state index contributed by atoms with van der Waals surface area (Å²) in [7, 11) is 0. The van der Waals surface area contributed by atoms with Crippen molar-refractivity contribution in [2.24, 2.45) is 5.41 Å². The molecule has 1 aliphatic rings. The van der Waals surface area contributed by atoms with Crippen molar-refractivity contribution >= 4 is 17.5 Å². The summed E-state index contributed by atoms with van der Waals surface area (Å²) in [4.78, 5) is 14.3. The zero-order valence-corrected chi connectivity index (χ0v) is 13.2. The van der Waals surface area contributed by atoms with Crippen molar-refractivity contribution in [3.8, 4) is 0 Å². The Morgan fingerprint density at radius 3 is 2.57 bits per heavy atom. The SMILES string of the molecule is CCC1(CO)CCN(C(=O)c2cc(C)c(F)cc2Cl)CC1. The fraction of sp³-hybridized carbons (Fsp3) is 0.562. The van der Waals surface area contributed by atoms with Crippen molar-refractivity contribution in [1.82, 2.24) is 4.90 Å². The first-order valence-electron chi connectivity index (χ1n) is 7.28. The van der Waals surface area contributed by atoms with Crippen molar-refractivity contribution in [3.05, 3.63) is 34.1 Å². The second kappa shape index (κ2) is 6.32. The van der Waals surface area contributed by atoms with E-state index in [2.05, 4.69) is 6.92 Å². The highest BCUT2D eigenvalue weighted by molar-refractivity contribution is 6.33. The zero-order chi connectivity index (χ0) is 15.6. The second-order valence-electron chi connectivity index (χ2n) is 5.89. The van der Waals surface area contributed by atoms with Gasteiger partial charge in [-0.2, -0.15) is 0 Å². The van der Waals surface area contributed by atoms with Crippen LogP contribution in [0.3, 0.4) is 0 Å². The Hall–Kier alpha value is -1.13. The molecule has 0 spiro atoms. The number of hydrogen-bond acceptors (Lipinski definition) is 2. The van der Waals surface area contributed by atoms with Gasteiger partial charge in [0.2, 0.25) is 0 Å². The molecule has 1 aromatic carbocycles. The standard InChI is InChI=1S/C16H21ClFNO2/c1-3-16(10-20)4-6-19(7-5-16)15(21)12-8-11(2)14(18)9-13(12)17/h8-9,20H,3-7,10H2,1-2H3. The molecule has 0 atom stereocenters. The summed E-state index contributed by atoms with van der Waals surface area (Å²) in [6, 6.07) is 2.70. The molecule has 0 radical (unpaired) electrons. The first-order valence-corrected chi connectivity index (χ1v) is 7.66. The van der Waals surface area contributed by atoms with E-state index < -0.39 is 5.82 Å². The fourth-order valence-electron chi connectivity index (χ4n) is 2.80. The Morgan fingerprint density at radius 1 is 1.43 bits per heavy atom.